The van der Waals surface area contributed by atoms with Gasteiger partial charge in [0.15, 0.2) is 0 Å². The van der Waals surface area contributed by atoms with E-state index in [0.717, 1.165) is 0 Å². The van der Waals surface area contributed by atoms with E-state index in [9.17, 15) is 9.18 Å². The molecule has 0 N–H and O–H groups in total. The zero-order chi connectivity index (χ0) is 11.5. The predicted molar refractivity (Wildman–Crippen MR) is 52.9 cm³/mol. The molecule has 1 aliphatic rings. The van der Waals surface area contributed by atoms with Gasteiger partial charge in [-0.15, -0.1) is 0 Å². The molecule has 5 heteroatoms. The molecule has 1 saturated heterocycles. The van der Waals surface area contributed by atoms with Crippen molar-refractivity contribution in [1.29, 1.82) is 5.26 Å². The van der Waals surface area contributed by atoms with Crippen LogP contribution in [0.4, 0.5) is 9.18 Å². The van der Waals surface area contributed by atoms with E-state index in [-0.39, 0.29) is 6.54 Å². The number of halogens is 1. The van der Waals surface area contributed by atoms with E-state index in [0.29, 0.717) is 24.3 Å². The zero-order valence-corrected chi connectivity index (χ0v) is 8.44. The summed E-state index contributed by atoms with van der Waals surface area (Å²) >= 11 is 0. The standard InChI is InChI=1S/C11H9FN2O2/c12-10-2-1-8(6-13)9(5-10)7-14-3-4-16-11(14)15/h1-2,5H,3-4,7H2. The van der Waals surface area contributed by atoms with Gasteiger partial charge in [-0.1, -0.05) is 0 Å². The molecule has 16 heavy (non-hydrogen) atoms. The summed E-state index contributed by atoms with van der Waals surface area (Å²) < 4.78 is 17.8. The van der Waals surface area contributed by atoms with Gasteiger partial charge < -0.3 is 9.64 Å². The molecule has 1 aromatic rings. The van der Waals surface area contributed by atoms with Crippen molar-refractivity contribution in [1.82, 2.24) is 4.90 Å². The van der Waals surface area contributed by atoms with E-state index in [1.54, 1.807) is 0 Å². The lowest BCUT2D eigenvalue weighted by Gasteiger charge is -2.13. The van der Waals surface area contributed by atoms with Crippen LogP contribution in [0.5, 0.6) is 0 Å². The van der Waals surface area contributed by atoms with E-state index in [4.69, 9.17) is 10.00 Å². The molecular formula is C11H9FN2O2. The highest BCUT2D eigenvalue weighted by molar-refractivity contribution is 5.69. The Morgan fingerprint density at radius 3 is 3.00 bits per heavy atom. The summed E-state index contributed by atoms with van der Waals surface area (Å²) in [6.07, 6.45) is -0.423. The molecule has 0 aliphatic carbocycles. The number of rotatable bonds is 2. The number of hydrogen-bond acceptors (Lipinski definition) is 3. The van der Waals surface area contributed by atoms with Crippen molar-refractivity contribution in [3.05, 3.63) is 35.1 Å². The number of hydrogen-bond donors (Lipinski definition) is 0. The van der Waals surface area contributed by atoms with E-state index >= 15 is 0 Å². The Bertz CT molecular complexity index is 468. The first-order valence-electron chi connectivity index (χ1n) is 4.81. The average Bonchev–Trinajstić information content (AvgIpc) is 2.65. The van der Waals surface area contributed by atoms with E-state index in [2.05, 4.69) is 0 Å². The number of nitriles is 1. The van der Waals surface area contributed by atoms with Crippen molar-refractivity contribution < 1.29 is 13.9 Å². The third kappa shape index (κ3) is 1.96. The molecule has 0 atom stereocenters. The molecule has 0 spiro atoms. The monoisotopic (exact) mass is 220 g/mol. The van der Waals surface area contributed by atoms with Crippen LogP contribution in [0.2, 0.25) is 0 Å². The fraction of sp³-hybridized carbons (Fsp3) is 0.273. The quantitative estimate of drug-likeness (QED) is 0.761. The van der Waals surface area contributed by atoms with Gasteiger partial charge in [0, 0.05) is 0 Å². The molecule has 82 valence electrons. The normalized spacial score (nSPS) is 14.8. The second kappa shape index (κ2) is 4.19. The summed E-state index contributed by atoms with van der Waals surface area (Å²) in [6, 6.07) is 5.87. The summed E-state index contributed by atoms with van der Waals surface area (Å²) in [5.74, 6) is -0.415. The largest absolute Gasteiger partial charge is 0.448 e. The Hall–Kier alpha value is -2.09. The first kappa shape index (κ1) is 10.4. The SMILES string of the molecule is N#Cc1ccc(F)cc1CN1CCOC1=O. The van der Waals surface area contributed by atoms with Crippen molar-refractivity contribution in [3.8, 4) is 6.07 Å². The summed E-state index contributed by atoms with van der Waals surface area (Å²) in [5.41, 5.74) is 0.877. The molecule has 1 aromatic carbocycles. The zero-order valence-electron chi connectivity index (χ0n) is 8.44. The van der Waals surface area contributed by atoms with E-state index in [1.165, 1.54) is 23.1 Å². The molecule has 1 heterocycles. The van der Waals surface area contributed by atoms with Crippen LogP contribution in [0.3, 0.4) is 0 Å². The Labute approximate surface area is 91.8 Å². The first-order valence-corrected chi connectivity index (χ1v) is 4.81. The van der Waals surface area contributed by atoms with Gasteiger partial charge in [-0.3, -0.25) is 0 Å². The number of benzene rings is 1. The molecule has 1 aliphatic heterocycles. The first-order chi connectivity index (χ1) is 7.70. The number of ether oxygens (including phenoxy) is 1. The molecule has 0 bridgehead atoms. The Morgan fingerprint density at radius 1 is 1.56 bits per heavy atom. The second-order valence-electron chi connectivity index (χ2n) is 3.45. The number of cyclic esters (lactones) is 1. The highest BCUT2D eigenvalue weighted by Gasteiger charge is 2.22. The fourth-order valence-electron chi connectivity index (χ4n) is 1.58. The van der Waals surface area contributed by atoms with Crippen LogP contribution >= 0.6 is 0 Å². The van der Waals surface area contributed by atoms with Gasteiger partial charge in [-0.25, -0.2) is 9.18 Å². The van der Waals surface area contributed by atoms with Gasteiger partial charge in [0.1, 0.15) is 12.4 Å². The van der Waals surface area contributed by atoms with Gasteiger partial charge >= 0.3 is 6.09 Å². The Morgan fingerprint density at radius 2 is 2.38 bits per heavy atom. The highest BCUT2D eigenvalue weighted by Crippen LogP contribution is 2.15. The third-order valence-electron chi connectivity index (χ3n) is 2.39. The Kier molecular flexibility index (Phi) is 2.73. The van der Waals surface area contributed by atoms with Crippen LogP contribution < -0.4 is 0 Å². The highest BCUT2D eigenvalue weighted by atomic mass is 19.1. The van der Waals surface area contributed by atoms with E-state index in [1.807, 2.05) is 6.07 Å². The molecule has 1 fully saturated rings. The van der Waals surface area contributed by atoms with Crippen molar-refractivity contribution in [2.75, 3.05) is 13.2 Å². The maximum absolute atomic E-state index is 13.0. The molecule has 1 amide bonds. The summed E-state index contributed by atoms with van der Waals surface area (Å²) in [5, 5.41) is 8.84. The predicted octanol–water partition coefficient (Wildman–Crippen LogP) is 1.65. The van der Waals surface area contributed by atoms with Crippen LogP contribution in [-0.2, 0) is 11.3 Å². The van der Waals surface area contributed by atoms with Crippen LogP contribution in [0, 0.1) is 17.1 Å². The lowest BCUT2D eigenvalue weighted by atomic mass is 10.1. The molecular weight excluding hydrogens is 211 g/mol. The van der Waals surface area contributed by atoms with Crippen molar-refractivity contribution in [2.45, 2.75) is 6.54 Å². The number of carbonyl (C=O) groups is 1. The number of nitrogens with zero attached hydrogens (tertiary/aromatic N) is 2. The van der Waals surface area contributed by atoms with Crippen LogP contribution in [0.25, 0.3) is 0 Å². The van der Waals surface area contributed by atoms with Gasteiger partial charge in [-0.2, -0.15) is 5.26 Å². The second-order valence-corrected chi connectivity index (χ2v) is 3.45. The van der Waals surface area contributed by atoms with Crippen LogP contribution in [0.1, 0.15) is 11.1 Å². The average molecular weight is 220 g/mol. The maximum atomic E-state index is 13.0. The summed E-state index contributed by atoms with van der Waals surface area (Å²) in [4.78, 5) is 12.6. The van der Waals surface area contributed by atoms with Gasteiger partial charge in [0.25, 0.3) is 0 Å². The minimum Gasteiger partial charge on any atom is -0.448 e. The lowest BCUT2D eigenvalue weighted by Crippen LogP contribution is -2.24. The summed E-state index contributed by atoms with van der Waals surface area (Å²) in [7, 11) is 0. The van der Waals surface area contributed by atoms with Crippen molar-refractivity contribution >= 4 is 6.09 Å². The molecule has 0 saturated carbocycles. The molecule has 0 radical (unpaired) electrons. The molecule has 4 nitrogen and oxygen atoms in total. The van der Waals surface area contributed by atoms with Gasteiger partial charge in [0.05, 0.1) is 24.7 Å². The topological polar surface area (TPSA) is 53.3 Å². The van der Waals surface area contributed by atoms with Crippen molar-refractivity contribution in [3.63, 3.8) is 0 Å². The minimum absolute atomic E-state index is 0.208. The van der Waals surface area contributed by atoms with E-state index < -0.39 is 11.9 Å². The van der Waals surface area contributed by atoms with Gasteiger partial charge in [-0.05, 0) is 23.8 Å². The van der Waals surface area contributed by atoms with Crippen LogP contribution in [0.15, 0.2) is 18.2 Å². The molecule has 2 rings (SSSR count). The minimum atomic E-state index is -0.423. The molecule has 0 unspecified atom stereocenters. The van der Waals surface area contributed by atoms with Crippen molar-refractivity contribution in [2.24, 2.45) is 0 Å². The van der Waals surface area contributed by atoms with Crippen LogP contribution in [-0.4, -0.2) is 24.1 Å². The maximum Gasteiger partial charge on any atom is 0.410 e. The van der Waals surface area contributed by atoms with Gasteiger partial charge in [0.2, 0.25) is 0 Å². The lowest BCUT2D eigenvalue weighted by molar-refractivity contribution is 0.157. The smallest absolute Gasteiger partial charge is 0.410 e. The number of amides is 1. The summed E-state index contributed by atoms with van der Waals surface area (Å²) in [6.45, 7) is 1.02. The Balaban J connectivity index is 2.23. The number of carbonyl (C=O) groups excluding carboxylic acids is 1. The third-order valence-corrected chi connectivity index (χ3v) is 2.39. The molecule has 0 aromatic heterocycles. The fourth-order valence-corrected chi connectivity index (χ4v) is 1.58.